The number of nitrogens with zero attached hydrogens (tertiary/aromatic N) is 2. The first-order valence-corrected chi connectivity index (χ1v) is 5.13. The molecule has 1 aromatic heterocycles. The van der Waals surface area contributed by atoms with Crippen LogP contribution in [0.5, 0.6) is 0 Å². The van der Waals surface area contributed by atoms with Gasteiger partial charge in [0, 0.05) is 12.0 Å². The van der Waals surface area contributed by atoms with Crippen LogP contribution in [0, 0.1) is 0 Å². The summed E-state index contributed by atoms with van der Waals surface area (Å²) in [4.78, 5) is 8.29. The van der Waals surface area contributed by atoms with Gasteiger partial charge in [-0.05, 0) is 12.8 Å². The number of rotatable bonds is 3. The summed E-state index contributed by atoms with van der Waals surface area (Å²) in [7, 11) is 0. The summed E-state index contributed by atoms with van der Waals surface area (Å²) in [6.07, 6.45) is 2.01. The van der Waals surface area contributed by atoms with Crippen LogP contribution in [0.1, 0.15) is 38.4 Å². The van der Waals surface area contributed by atoms with Gasteiger partial charge in [0.05, 0.1) is 0 Å². The van der Waals surface area contributed by atoms with Gasteiger partial charge >= 0.3 is 0 Å². The molecule has 0 bridgehead atoms. The van der Waals surface area contributed by atoms with Crippen molar-refractivity contribution in [2.75, 3.05) is 0 Å². The Kier molecular flexibility index (Phi) is 3.94. The molecule has 72 valence electrons. The summed E-state index contributed by atoms with van der Waals surface area (Å²) in [5.41, 5.74) is 0. The molecule has 0 aromatic carbocycles. The third-order valence-electron chi connectivity index (χ3n) is 2.03. The molecule has 0 aliphatic heterocycles. The van der Waals surface area contributed by atoms with E-state index < -0.39 is 0 Å². The SMILES string of the molecule is CCC(CC)c1nc(Cl)cc(Cl)n1. The first-order chi connectivity index (χ1) is 6.17. The lowest BCUT2D eigenvalue weighted by atomic mass is 10.0. The zero-order valence-electron chi connectivity index (χ0n) is 7.72. The largest absolute Gasteiger partial charge is 0.221 e. The van der Waals surface area contributed by atoms with Crippen LogP contribution in [0.15, 0.2) is 6.07 Å². The normalized spacial score (nSPS) is 10.8. The molecule has 1 rings (SSSR count). The Morgan fingerprint density at radius 3 is 2.00 bits per heavy atom. The number of aromatic nitrogens is 2. The van der Waals surface area contributed by atoms with Crippen LogP contribution in [-0.2, 0) is 0 Å². The van der Waals surface area contributed by atoms with E-state index in [9.17, 15) is 0 Å². The van der Waals surface area contributed by atoms with Gasteiger partial charge in [-0.15, -0.1) is 0 Å². The molecular weight excluding hydrogens is 207 g/mol. The van der Waals surface area contributed by atoms with Gasteiger partial charge in [0.25, 0.3) is 0 Å². The minimum absolute atomic E-state index is 0.358. The first kappa shape index (κ1) is 10.7. The molecule has 0 radical (unpaired) electrons. The zero-order chi connectivity index (χ0) is 9.84. The molecule has 0 atom stereocenters. The predicted molar refractivity (Wildman–Crippen MR) is 55.4 cm³/mol. The van der Waals surface area contributed by atoms with Crippen molar-refractivity contribution in [3.8, 4) is 0 Å². The van der Waals surface area contributed by atoms with Crippen molar-refractivity contribution in [1.82, 2.24) is 9.97 Å². The Morgan fingerprint density at radius 1 is 1.15 bits per heavy atom. The standard InChI is InChI=1S/C9H12Cl2N2/c1-3-6(4-2)9-12-7(10)5-8(11)13-9/h5-6H,3-4H2,1-2H3. The van der Waals surface area contributed by atoms with Crippen LogP contribution >= 0.6 is 23.2 Å². The highest BCUT2D eigenvalue weighted by atomic mass is 35.5. The van der Waals surface area contributed by atoms with Crippen molar-refractivity contribution < 1.29 is 0 Å². The molecule has 0 spiro atoms. The molecule has 0 saturated heterocycles. The lowest BCUT2D eigenvalue weighted by molar-refractivity contribution is 0.602. The van der Waals surface area contributed by atoms with Crippen molar-refractivity contribution in [1.29, 1.82) is 0 Å². The third-order valence-corrected chi connectivity index (χ3v) is 2.42. The molecule has 0 unspecified atom stereocenters. The third kappa shape index (κ3) is 2.82. The molecule has 4 heteroatoms. The number of halogens is 2. The van der Waals surface area contributed by atoms with Gasteiger partial charge in [0.2, 0.25) is 0 Å². The molecule has 0 N–H and O–H groups in total. The summed E-state index contributed by atoms with van der Waals surface area (Å²) < 4.78 is 0. The van der Waals surface area contributed by atoms with Gasteiger partial charge in [0.15, 0.2) is 0 Å². The topological polar surface area (TPSA) is 25.8 Å². The van der Waals surface area contributed by atoms with Crippen LogP contribution < -0.4 is 0 Å². The van der Waals surface area contributed by atoms with Gasteiger partial charge in [-0.1, -0.05) is 37.0 Å². The van der Waals surface area contributed by atoms with Crippen molar-refractivity contribution in [3.63, 3.8) is 0 Å². The maximum Gasteiger partial charge on any atom is 0.134 e. The van der Waals surface area contributed by atoms with Gasteiger partial charge in [-0.3, -0.25) is 0 Å². The fourth-order valence-electron chi connectivity index (χ4n) is 1.24. The summed E-state index contributed by atoms with van der Waals surface area (Å²) in [5.74, 6) is 1.11. The first-order valence-electron chi connectivity index (χ1n) is 4.37. The van der Waals surface area contributed by atoms with Crippen molar-refractivity contribution in [2.24, 2.45) is 0 Å². The molecule has 0 saturated carbocycles. The van der Waals surface area contributed by atoms with E-state index in [1.165, 1.54) is 0 Å². The average Bonchev–Trinajstić information content (AvgIpc) is 2.04. The van der Waals surface area contributed by atoms with E-state index in [1.54, 1.807) is 6.07 Å². The molecule has 0 aliphatic carbocycles. The van der Waals surface area contributed by atoms with Gasteiger partial charge in [0.1, 0.15) is 16.1 Å². The Labute approximate surface area is 88.3 Å². The monoisotopic (exact) mass is 218 g/mol. The molecule has 1 heterocycles. The van der Waals surface area contributed by atoms with Crippen LogP contribution in [0.25, 0.3) is 0 Å². The van der Waals surface area contributed by atoms with Crippen LogP contribution in [0.2, 0.25) is 10.3 Å². The minimum Gasteiger partial charge on any atom is -0.221 e. The van der Waals surface area contributed by atoms with Gasteiger partial charge in [-0.2, -0.15) is 0 Å². The fourth-order valence-corrected chi connectivity index (χ4v) is 1.68. The summed E-state index contributed by atoms with van der Waals surface area (Å²) in [6, 6.07) is 1.55. The number of hydrogen-bond acceptors (Lipinski definition) is 2. The summed E-state index contributed by atoms with van der Waals surface area (Å²) in [5, 5.41) is 0.837. The van der Waals surface area contributed by atoms with Gasteiger partial charge < -0.3 is 0 Å². The molecule has 13 heavy (non-hydrogen) atoms. The predicted octanol–water partition coefficient (Wildman–Crippen LogP) is 3.69. The quantitative estimate of drug-likeness (QED) is 0.724. The molecule has 0 amide bonds. The average molecular weight is 219 g/mol. The highest BCUT2D eigenvalue weighted by Crippen LogP contribution is 2.22. The smallest absolute Gasteiger partial charge is 0.134 e. The van der Waals surface area contributed by atoms with E-state index in [2.05, 4.69) is 23.8 Å². The fraction of sp³-hybridized carbons (Fsp3) is 0.556. The molecular formula is C9H12Cl2N2. The van der Waals surface area contributed by atoms with Gasteiger partial charge in [-0.25, -0.2) is 9.97 Å². The highest BCUT2D eigenvalue weighted by Gasteiger charge is 2.11. The van der Waals surface area contributed by atoms with Crippen LogP contribution in [-0.4, -0.2) is 9.97 Å². The molecule has 0 fully saturated rings. The van der Waals surface area contributed by atoms with Crippen LogP contribution in [0.4, 0.5) is 0 Å². The van der Waals surface area contributed by atoms with E-state index in [1.807, 2.05) is 0 Å². The minimum atomic E-state index is 0.358. The maximum absolute atomic E-state index is 5.77. The van der Waals surface area contributed by atoms with E-state index in [0.29, 0.717) is 16.2 Å². The second-order valence-electron chi connectivity index (χ2n) is 2.89. The van der Waals surface area contributed by atoms with E-state index in [4.69, 9.17) is 23.2 Å². The Bertz CT molecular complexity index is 265. The molecule has 1 aromatic rings. The lowest BCUT2D eigenvalue weighted by Crippen LogP contribution is -2.02. The maximum atomic E-state index is 5.77. The highest BCUT2D eigenvalue weighted by molar-refractivity contribution is 6.33. The van der Waals surface area contributed by atoms with Crippen molar-refractivity contribution in [3.05, 3.63) is 22.2 Å². The van der Waals surface area contributed by atoms with E-state index in [-0.39, 0.29) is 0 Å². The van der Waals surface area contributed by atoms with Crippen LogP contribution in [0.3, 0.4) is 0 Å². The lowest BCUT2D eigenvalue weighted by Gasteiger charge is -2.10. The van der Waals surface area contributed by atoms with E-state index in [0.717, 1.165) is 18.7 Å². The Morgan fingerprint density at radius 2 is 1.62 bits per heavy atom. The van der Waals surface area contributed by atoms with Crippen molar-refractivity contribution in [2.45, 2.75) is 32.6 Å². The second-order valence-corrected chi connectivity index (χ2v) is 3.66. The second kappa shape index (κ2) is 4.77. The summed E-state index contributed by atoms with van der Waals surface area (Å²) >= 11 is 11.5. The number of hydrogen-bond donors (Lipinski definition) is 0. The Hall–Kier alpha value is -0.340. The zero-order valence-corrected chi connectivity index (χ0v) is 9.23. The Balaban J connectivity index is 2.99. The summed E-state index contributed by atoms with van der Waals surface area (Å²) in [6.45, 7) is 4.21. The van der Waals surface area contributed by atoms with E-state index >= 15 is 0 Å². The van der Waals surface area contributed by atoms with Crippen molar-refractivity contribution >= 4 is 23.2 Å². The molecule has 0 aliphatic rings. The molecule has 2 nitrogen and oxygen atoms in total.